The predicted molar refractivity (Wildman–Crippen MR) is 58.3 cm³/mol. The van der Waals surface area contributed by atoms with E-state index in [0.29, 0.717) is 0 Å². The van der Waals surface area contributed by atoms with E-state index in [0.717, 1.165) is 10.0 Å². The molecular formula is C9H11BrN2O2. The number of nitrogens with zero attached hydrogens (tertiary/aromatic N) is 1. The highest BCUT2D eigenvalue weighted by molar-refractivity contribution is 9.10. The van der Waals surface area contributed by atoms with Crippen molar-refractivity contribution in [3.8, 4) is 0 Å². The summed E-state index contributed by atoms with van der Waals surface area (Å²) >= 11 is 3.36. The number of benzene rings is 1. The van der Waals surface area contributed by atoms with Crippen LogP contribution in [0, 0.1) is 10.1 Å². The van der Waals surface area contributed by atoms with Gasteiger partial charge in [-0.3, -0.25) is 10.1 Å². The van der Waals surface area contributed by atoms with Gasteiger partial charge in [-0.1, -0.05) is 15.9 Å². The molecule has 0 aliphatic heterocycles. The van der Waals surface area contributed by atoms with Crippen molar-refractivity contribution in [1.82, 2.24) is 5.32 Å². The molecule has 5 heteroatoms. The summed E-state index contributed by atoms with van der Waals surface area (Å²) in [6, 6.07) is 4.84. The van der Waals surface area contributed by atoms with E-state index in [-0.39, 0.29) is 11.7 Å². The first-order valence-corrected chi connectivity index (χ1v) is 4.96. The van der Waals surface area contributed by atoms with Crippen molar-refractivity contribution in [2.45, 2.75) is 13.0 Å². The molecule has 0 radical (unpaired) electrons. The third kappa shape index (κ3) is 2.30. The molecular weight excluding hydrogens is 248 g/mol. The summed E-state index contributed by atoms with van der Waals surface area (Å²) in [7, 11) is 1.82. The zero-order valence-electron chi connectivity index (χ0n) is 7.95. The van der Waals surface area contributed by atoms with E-state index in [4.69, 9.17) is 0 Å². The molecule has 76 valence electrons. The maximum absolute atomic E-state index is 10.5. The maximum atomic E-state index is 10.5. The number of hydrogen-bond donors (Lipinski definition) is 1. The summed E-state index contributed by atoms with van der Waals surface area (Å²) in [4.78, 5) is 10.2. The molecule has 0 aliphatic rings. The average molecular weight is 259 g/mol. The van der Waals surface area contributed by atoms with Crippen LogP contribution in [0.25, 0.3) is 0 Å². The van der Waals surface area contributed by atoms with Crippen LogP contribution in [0.2, 0.25) is 0 Å². The molecule has 1 aromatic rings. The van der Waals surface area contributed by atoms with Gasteiger partial charge in [-0.25, -0.2) is 0 Å². The number of nitrogens with one attached hydrogen (secondary N) is 1. The molecule has 1 aromatic carbocycles. The van der Waals surface area contributed by atoms with Crippen molar-refractivity contribution in [2.75, 3.05) is 7.05 Å². The van der Waals surface area contributed by atoms with Crippen molar-refractivity contribution in [3.63, 3.8) is 0 Å². The third-order valence-corrected chi connectivity index (χ3v) is 2.81. The number of non-ortho nitro benzene ring substituents is 1. The molecule has 0 spiro atoms. The van der Waals surface area contributed by atoms with Crippen molar-refractivity contribution in [1.29, 1.82) is 0 Å². The Morgan fingerprint density at radius 2 is 2.21 bits per heavy atom. The summed E-state index contributed by atoms with van der Waals surface area (Å²) < 4.78 is 0.880. The van der Waals surface area contributed by atoms with Gasteiger partial charge in [0.05, 0.1) is 4.92 Å². The van der Waals surface area contributed by atoms with Crippen LogP contribution in [0.4, 0.5) is 5.69 Å². The lowest BCUT2D eigenvalue weighted by Gasteiger charge is -2.11. The Labute approximate surface area is 90.6 Å². The molecule has 0 heterocycles. The highest BCUT2D eigenvalue weighted by atomic mass is 79.9. The Hall–Kier alpha value is -0.940. The van der Waals surface area contributed by atoms with E-state index in [1.807, 2.05) is 14.0 Å². The molecule has 0 saturated heterocycles. The molecule has 0 aromatic heterocycles. The van der Waals surface area contributed by atoms with Gasteiger partial charge in [0.1, 0.15) is 0 Å². The van der Waals surface area contributed by atoms with Gasteiger partial charge >= 0.3 is 0 Å². The number of halogens is 1. The van der Waals surface area contributed by atoms with Gasteiger partial charge in [-0.2, -0.15) is 0 Å². The van der Waals surface area contributed by atoms with Gasteiger partial charge in [0.25, 0.3) is 5.69 Å². The first-order valence-electron chi connectivity index (χ1n) is 4.17. The first-order chi connectivity index (χ1) is 6.56. The van der Waals surface area contributed by atoms with Gasteiger partial charge in [0.2, 0.25) is 0 Å². The van der Waals surface area contributed by atoms with E-state index in [1.54, 1.807) is 12.1 Å². The highest BCUT2D eigenvalue weighted by Crippen LogP contribution is 2.27. The summed E-state index contributed by atoms with van der Waals surface area (Å²) in [6.45, 7) is 1.95. The van der Waals surface area contributed by atoms with Crippen molar-refractivity contribution in [3.05, 3.63) is 38.3 Å². The molecule has 0 aliphatic carbocycles. The molecule has 0 fully saturated rings. The lowest BCUT2D eigenvalue weighted by molar-refractivity contribution is -0.384. The summed E-state index contributed by atoms with van der Waals surface area (Å²) in [5.41, 5.74) is 1.01. The van der Waals surface area contributed by atoms with E-state index >= 15 is 0 Å². The molecule has 1 N–H and O–H groups in total. The molecule has 1 atom stereocenters. The van der Waals surface area contributed by atoms with E-state index in [2.05, 4.69) is 21.2 Å². The van der Waals surface area contributed by atoms with Crippen LogP contribution in [0.1, 0.15) is 18.5 Å². The molecule has 14 heavy (non-hydrogen) atoms. The molecule has 1 unspecified atom stereocenters. The van der Waals surface area contributed by atoms with Crippen LogP contribution in [0.5, 0.6) is 0 Å². The van der Waals surface area contributed by atoms with Gasteiger partial charge in [0.15, 0.2) is 0 Å². The van der Waals surface area contributed by atoms with Crippen LogP contribution in [-0.4, -0.2) is 12.0 Å². The second kappa shape index (κ2) is 4.52. The Morgan fingerprint density at radius 3 is 2.71 bits per heavy atom. The largest absolute Gasteiger partial charge is 0.313 e. The Morgan fingerprint density at radius 1 is 1.57 bits per heavy atom. The van der Waals surface area contributed by atoms with Crippen molar-refractivity contribution in [2.24, 2.45) is 0 Å². The number of rotatable bonds is 3. The van der Waals surface area contributed by atoms with E-state index in [9.17, 15) is 10.1 Å². The summed E-state index contributed by atoms with van der Waals surface area (Å²) in [6.07, 6.45) is 0. The van der Waals surface area contributed by atoms with Gasteiger partial charge in [0, 0.05) is 22.6 Å². The molecule has 4 nitrogen and oxygen atoms in total. The predicted octanol–water partition coefficient (Wildman–Crippen LogP) is 2.64. The van der Waals surface area contributed by atoms with Crippen molar-refractivity contribution < 1.29 is 4.92 Å². The Kier molecular flexibility index (Phi) is 3.60. The topological polar surface area (TPSA) is 55.2 Å². The summed E-state index contributed by atoms with van der Waals surface area (Å²) in [5, 5.41) is 13.6. The zero-order valence-corrected chi connectivity index (χ0v) is 9.54. The SMILES string of the molecule is CNC(C)c1cc([N+](=O)[O-])ccc1Br. The summed E-state index contributed by atoms with van der Waals surface area (Å²) in [5.74, 6) is 0. The lowest BCUT2D eigenvalue weighted by atomic mass is 10.1. The fourth-order valence-electron chi connectivity index (χ4n) is 1.13. The third-order valence-electron chi connectivity index (χ3n) is 2.09. The second-order valence-corrected chi connectivity index (χ2v) is 3.83. The monoisotopic (exact) mass is 258 g/mol. The van der Waals surface area contributed by atoms with Gasteiger partial charge in [-0.05, 0) is 25.6 Å². The zero-order chi connectivity index (χ0) is 10.7. The Balaban J connectivity index is 3.14. The second-order valence-electron chi connectivity index (χ2n) is 2.97. The minimum atomic E-state index is -0.391. The fraction of sp³-hybridized carbons (Fsp3) is 0.333. The van der Waals surface area contributed by atoms with E-state index in [1.165, 1.54) is 6.07 Å². The van der Waals surface area contributed by atoms with Crippen LogP contribution >= 0.6 is 15.9 Å². The van der Waals surface area contributed by atoms with Gasteiger partial charge in [-0.15, -0.1) is 0 Å². The fourth-order valence-corrected chi connectivity index (χ4v) is 1.72. The quantitative estimate of drug-likeness (QED) is 0.670. The smallest absolute Gasteiger partial charge is 0.269 e. The maximum Gasteiger partial charge on any atom is 0.269 e. The normalized spacial score (nSPS) is 12.5. The van der Waals surface area contributed by atoms with Crippen LogP contribution < -0.4 is 5.32 Å². The van der Waals surface area contributed by atoms with Crippen LogP contribution in [-0.2, 0) is 0 Å². The number of nitro benzene ring substituents is 1. The minimum absolute atomic E-state index is 0.0873. The highest BCUT2D eigenvalue weighted by Gasteiger charge is 2.12. The average Bonchev–Trinajstić information content (AvgIpc) is 2.17. The van der Waals surface area contributed by atoms with Crippen molar-refractivity contribution >= 4 is 21.6 Å². The molecule has 0 amide bonds. The van der Waals surface area contributed by atoms with Crippen LogP contribution in [0.15, 0.2) is 22.7 Å². The first kappa shape index (κ1) is 11.1. The molecule has 0 bridgehead atoms. The standard InChI is InChI=1S/C9H11BrN2O2/c1-6(11-2)8-5-7(12(13)14)3-4-9(8)10/h3-6,11H,1-2H3. The lowest BCUT2D eigenvalue weighted by Crippen LogP contribution is -2.13. The van der Waals surface area contributed by atoms with E-state index < -0.39 is 4.92 Å². The molecule has 1 rings (SSSR count). The Bertz CT molecular complexity index is 355. The number of hydrogen-bond acceptors (Lipinski definition) is 3. The van der Waals surface area contributed by atoms with Crippen LogP contribution in [0.3, 0.4) is 0 Å². The minimum Gasteiger partial charge on any atom is -0.313 e. The number of nitro groups is 1. The molecule has 0 saturated carbocycles. The van der Waals surface area contributed by atoms with Gasteiger partial charge < -0.3 is 5.32 Å².